The van der Waals surface area contributed by atoms with Gasteiger partial charge in [-0.15, -0.1) is 0 Å². The van der Waals surface area contributed by atoms with E-state index in [1.807, 2.05) is 0 Å². The Morgan fingerprint density at radius 3 is 1.00 bits per heavy atom. The van der Waals surface area contributed by atoms with Crippen LogP contribution in [-0.2, 0) is 0 Å². The molecule has 0 fully saturated rings. The lowest BCUT2D eigenvalue weighted by Crippen LogP contribution is -2.07. The van der Waals surface area contributed by atoms with Crippen LogP contribution in [0.4, 0.5) is 0 Å². The molecular weight excluding hydrogens is 348 g/mol. The highest BCUT2D eigenvalue weighted by molar-refractivity contribution is 7.80. The molecule has 0 saturated heterocycles. The first-order valence-electron chi connectivity index (χ1n) is 12.6. The molecule has 0 aliphatic carbocycles. The number of hydrogen-bond acceptors (Lipinski definition) is 2. The van der Waals surface area contributed by atoms with E-state index in [4.69, 9.17) is 0 Å². The molecule has 1 atom stereocenters. The maximum atomic E-state index is 9.44. The van der Waals surface area contributed by atoms with Crippen LogP contribution in [0.3, 0.4) is 0 Å². The molecule has 164 valence electrons. The van der Waals surface area contributed by atoms with Crippen molar-refractivity contribution in [2.75, 3.05) is 5.75 Å². The lowest BCUT2D eigenvalue weighted by Gasteiger charge is -2.06. The summed E-state index contributed by atoms with van der Waals surface area (Å²) >= 11 is 4.11. The zero-order valence-electron chi connectivity index (χ0n) is 18.7. The molecule has 2 heteroatoms. The molecule has 0 heterocycles. The average molecular weight is 401 g/mol. The Balaban J connectivity index is 2.99. The van der Waals surface area contributed by atoms with Gasteiger partial charge in [-0.1, -0.05) is 142 Å². The van der Waals surface area contributed by atoms with Crippen LogP contribution in [0.1, 0.15) is 148 Å². The monoisotopic (exact) mass is 400 g/mol. The van der Waals surface area contributed by atoms with Crippen LogP contribution >= 0.6 is 12.6 Å². The van der Waals surface area contributed by atoms with Crippen LogP contribution in [0.25, 0.3) is 0 Å². The Bertz CT molecular complexity index is 257. The molecule has 0 rings (SSSR count). The smallest absolute Gasteiger partial charge is 0.0628 e. The van der Waals surface area contributed by atoms with E-state index in [9.17, 15) is 5.11 Å². The molecule has 1 nitrogen and oxygen atoms in total. The first-order chi connectivity index (χ1) is 13.3. The number of aliphatic hydroxyl groups is 1. The zero-order valence-corrected chi connectivity index (χ0v) is 19.6. The van der Waals surface area contributed by atoms with E-state index in [-0.39, 0.29) is 6.10 Å². The highest BCUT2D eigenvalue weighted by Crippen LogP contribution is 2.15. The van der Waals surface area contributed by atoms with Crippen LogP contribution < -0.4 is 0 Å². The van der Waals surface area contributed by atoms with Crippen molar-refractivity contribution in [2.24, 2.45) is 0 Å². The summed E-state index contributed by atoms with van der Waals surface area (Å²) < 4.78 is 0. The van der Waals surface area contributed by atoms with Gasteiger partial charge in [0.1, 0.15) is 0 Å². The van der Waals surface area contributed by atoms with Crippen molar-refractivity contribution in [1.82, 2.24) is 0 Å². The fourth-order valence-electron chi connectivity index (χ4n) is 3.90. The molecule has 0 aromatic heterocycles. The molecule has 0 amide bonds. The molecule has 0 aliphatic heterocycles. The van der Waals surface area contributed by atoms with Crippen molar-refractivity contribution in [3.8, 4) is 0 Å². The summed E-state index contributed by atoms with van der Waals surface area (Å²) in [5.41, 5.74) is 0. The second-order valence-electron chi connectivity index (χ2n) is 8.70. The summed E-state index contributed by atoms with van der Waals surface area (Å²) in [6, 6.07) is 0. The number of rotatable bonds is 23. The Kier molecular flexibility index (Phi) is 24.6. The highest BCUT2D eigenvalue weighted by atomic mass is 32.1. The van der Waals surface area contributed by atoms with Gasteiger partial charge in [0.25, 0.3) is 0 Å². The predicted octanol–water partition coefficient (Wildman–Crippen LogP) is 8.88. The van der Waals surface area contributed by atoms with Gasteiger partial charge in [0, 0.05) is 5.75 Å². The quantitative estimate of drug-likeness (QED) is 0.130. The van der Waals surface area contributed by atoms with Gasteiger partial charge in [0.2, 0.25) is 0 Å². The molecule has 27 heavy (non-hydrogen) atoms. The van der Waals surface area contributed by atoms with Gasteiger partial charge in [-0.25, -0.2) is 0 Å². The van der Waals surface area contributed by atoms with Crippen LogP contribution in [0.2, 0.25) is 0 Å². The van der Waals surface area contributed by atoms with E-state index >= 15 is 0 Å². The van der Waals surface area contributed by atoms with E-state index in [0.29, 0.717) is 5.75 Å². The Labute approximate surface area is 177 Å². The Morgan fingerprint density at radius 2 is 0.741 bits per heavy atom. The molecule has 0 aliphatic rings. The lowest BCUT2D eigenvalue weighted by molar-refractivity contribution is 0.185. The Morgan fingerprint density at radius 1 is 0.481 bits per heavy atom. The van der Waals surface area contributed by atoms with Crippen LogP contribution in [0, 0.1) is 0 Å². The lowest BCUT2D eigenvalue weighted by atomic mass is 10.0. The molecular formula is C25H52OS. The van der Waals surface area contributed by atoms with E-state index in [1.165, 1.54) is 135 Å². The average Bonchev–Trinajstić information content (AvgIpc) is 2.68. The van der Waals surface area contributed by atoms with Gasteiger partial charge < -0.3 is 5.11 Å². The van der Waals surface area contributed by atoms with Crippen molar-refractivity contribution in [3.05, 3.63) is 0 Å². The predicted molar refractivity (Wildman–Crippen MR) is 127 cm³/mol. The third kappa shape index (κ3) is 24.3. The van der Waals surface area contributed by atoms with Crippen molar-refractivity contribution >= 4 is 12.6 Å². The first kappa shape index (κ1) is 27.3. The topological polar surface area (TPSA) is 20.2 Å². The van der Waals surface area contributed by atoms with Gasteiger partial charge in [-0.2, -0.15) is 12.6 Å². The summed E-state index contributed by atoms with van der Waals surface area (Å²) in [4.78, 5) is 0. The third-order valence-corrected chi connectivity index (χ3v) is 6.27. The van der Waals surface area contributed by atoms with Crippen molar-refractivity contribution in [3.63, 3.8) is 0 Å². The van der Waals surface area contributed by atoms with E-state index < -0.39 is 0 Å². The van der Waals surface area contributed by atoms with E-state index in [0.717, 1.165) is 6.42 Å². The minimum Gasteiger partial charge on any atom is -0.392 e. The van der Waals surface area contributed by atoms with Crippen molar-refractivity contribution < 1.29 is 5.11 Å². The van der Waals surface area contributed by atoms with Crippen LogP contribution in [0.5, 0.6) is 0 Å². The number of aliphatic hydroxyl groups excluding tert-OH is 1. The maximum Gasteiger partial charge on any atom is 0.0628 e. The summed E-state index contributed by atoms with van der Waals surface area (Å²) in [6.07, 6.45) is 30.6. The molecule has 0 spiro atoms. The fourth-order valence-corrected chi connectivity index (χ4v) is 4.09. The molecule has 0 saturated carbocycles. The molecule has 1 N–H and O–H groups in total. The standard InChI is InChI=1S/C25H52OS/c1-2-3-4-5-6-7-8-9-10-11-12-13-14-15-16-17-18-19-20-21-22-23-25(26)24-27/h25-27H,2-24H2,1H3. The summed E-state index contributed by atoms with van der Waals surface area (Å²) in [5, 5.41) is 9.44. The molecule has 0 aromatic carbocycles. The molecule has 0 aromatic rings. The maximum absolute atomic E-state index is 9.44. The fraction of sp³-hybridized carbons (Fsp3) is 1.00. The third-order valence-electron chi connectivity index (χ3n) is 5.85. The molecule has 0 radical (unpaired) electrons. The zero-order chi connectivity index (χ0) is 19.8. The van der Waals surface area contributed by atoms with Crippen LogP contribution in [-0.4, -0.2) is 17.0 Å². The van der Waals surface area contributed by atoms with E-state index in [1.54, 1.807) is 0 Å². The highest BCUT2D eigenvalue weighted by Gasteiger charge is 2.00. The van der Waals surface area contributed by atoms with Crippen molar-refractivity contribution in [2.45, 2.75) is 154 Å². The van der Waals surface area contributed by atoms with E-state index in [2.05, 4.69) is 19.6 Å². The second-order valence-corrected chi connectivity index (χ2v) is 9.06. The van der Waals surface area contributed by atoms with Gasteiger partial charge in [-0.05, 0) is 6.42 Å². The first-order valence-corrected chi connectivity index (χ1v) is 13.2. The summed E-state index contributed by atoms with van der Waals surface area (Å²) in [5.74, 6) is 0.610. The number of hydrogen-bond donors (Lipinski definition) is 2. The minimum atomic E-state index is -0.186. The van der Waals surface area contributed by atoms with Gasteiger partial charge in [0.15, 0.2) is 0 Å². The minimum absolute atomic E-state index is 0.186. The van der Waals surface area contributed by atoms with Crippen LogP contribution in [0.15, 0.2) is 0 Å². The van der Waals surface area contributed by atoms with Gasteiger partial charge >= 0.3 is 0 Å². The normalized spacial score (nSPS) is 12.6. The SMILES string of the molecule is CCCCCCCCCCCCCCCCCCCCCCCC(O)CS. The Hall–Kier alpha value is 0.310. The molecule has 1 unspecified atom stereocenters. The van der Waals surface area contributed by atoms with Gasteiger partial charge in [-0.3, -0.25) is 0 Å². The van der Waals surface area contributed by atoms with Gasteiger partial charge in [0.05, 0.1) is 6.10 Å². The summed E-state index contributed by atoms with van der Waals surface area (Å²) in [6.45, 7) is 2.29. The largest absolute Gasteiger partial charge is 0.392 e. The summed E-state index contributed by atoms with van der Waals surface area (Å²) in [7, 11) is 0. The number of thiol groups is 1. The number of unbranched alkanes of at least 4 members (excludes halogenated alkanes) is 20. The van der Waals surface area contributed by atoms with Crippen molar-refractivity contribution in [1.29, 1.82) is 0 Å². The molecule has 0 bridgehead atoms. The second kappa shape index (κ2) is 24.3.